The van der Waals surface area contributed by atoms with Crippen molar-refractivity contribution in [1.82, 2.24) is 14.9 Å². The molecule has 0 spiro atoms. The summed E-state index contributed by atoms with van der Waals surface area (Å²) in [4.78, 5) is 28.8. The minimum Gasteiger partial charge on any atom is -0.480 e. The number of halogens is 2. The summed E-state index contributed by atoms with van der Waals surface area (Å²) in [5.41, 5.74) is 0.247. The maximum Gasteiger partial charge on any atom is 0.328 e. The Morgan fingerprint density at radius 2 is 1.69 bits per heavy atom. The first-order valence-electron chi connectivity index (χ1n) is 11.8. The number of nitrogens with one attached hydrogen (secondary N) is 1. The molecule has 1 atom stereocenters. The zero-order valence-corrected chi connectivity index (χ0v) is 23.8. The number of aliphatic carboxylic acids is 1. The van der Waals surface area contributed by atoms with Gasteiger partial charge in [-0.3, -0.25) is 9.10 Å². The van der Waals surface area contributed by atoms with Gasteiger partial charge in [0.1, 0.15) is 11.9 Å². The Morgan fingerprint density at radius 1 is 1.03 bits per heavy atom. The van der Waals surface area contributed by atoms with Crippen molar-refractivity contribution in [2.45, 2.75) is 31.7 Å². The summed E-state index contributed by atoms with van der Waals surface area (Å²) in [5, 5.41) is 13.6. The van der Waals surface area contributed by atoms with Gasteiger partial charge in [-0.2, -0.15) is 0 Å². The fourth-order valence-electron chi connectivity index (χ4n) is 4.34. The van der Waals surface area contributed by atoms with Gasteiger partial charge in [-0.1, -0.05) is 44.0 Å². The van der Waals surface area contributed by atoms with E-state index in [4.69, 9.17) is 23.2 Å². The number of carboxylic acid groups (broad SMARTS) is 1. The van der Waals surface area contributed by atoms with E-state index in [-0.39, 0.29) is 26.5 Å². The van der Waals surface area contributed by atoms with Crippen molar-refractivity contribution in [3.8, 4) is 5.82 Å². The summed E-state index contributed by atoms with van der Waals surface area (Å²) < 4.78 is 30.7. The minimum absolute atomic E-state index is 0.0997. The van der Waals surface area contributed by atoms with Crippen LogP contribution in [0.15, 0.2) is 71.9 Å². The molecule has 12 heteroatoms. The van der Waals surface area contributed by atoms with Crippen LogP contribution in [-0.2, 0) is 14.8 Å². The van der Waals surface area contributed by atoms with E-state index in [9.17, 15) is 23.1 Å². The number of fused-ring (bicyclic) bond motifs is 1. The maximum atomic E-state index is 14.0. The number of rotatable bonds is 7. The van der Waals surface area contributed by atoms with E-state index in [1.165, 1.54) is 37.5 Å². The van der Waals surface area contributed by atoms with Crippen LogP contribution in [0.4, 0.5) is 5.69 Å². The predicted molar refractivity (Wildman–Crippen MR) is 151 cm³/mol. The van der Waals surface area contributed by atoms with E-state index in [0.29, 0.717) is 22.3 Å². The molecule has 2 heterocycles. The lowest BCUT2D eigenvalue weighted by Crippen LogP contribution is -2.52. The normalized spacial score (nSPS) is 12.8. The average molecular weight is 590 g/mol. The second-order valence-corrected chi connectivity index (χ2v) is 12.6. The van der Waals surface area contributed by atoms with E-state index in [1.54, 1.807) is 61.9 Å². The fourth-order valence-corrected chi connectivity index (χ4v) is 6.85. The molecule has 0 fully saturated rings. The van der Waals surface area contributed by atoms with Gasteiger partial charge in [-0.25, -0.2) is 18.2 Å². The van der Waals surface area contributed by atoms with E-state index < -0.39 is 27.4 Å². The lowest BCUT2D eigenvalue weighted by atomic mass is 9.86. The van der Waals surface area contributed by atoms with Crippen molar-refractivity contribution >= 4 is 61.7 Å². The van der Waals surface area contributed by atoms with Crippen molar-refractivity contribution in [2.24, 2.45) is 5.41 Å². The summed E-state index contributed by atoms with van der Waals surface area (Å²) in [6.07, 6.45) is 3.25. The Balaban J connectivity index is 1.91. The highest BCUT2D eigenvalue weighted by Crippen LogP contribution is 2.37. The van der Waals surface area contributed by atoms with Crippen LogP contribution in [0, 0.1) is 5.41 Å². The number of sulfonamides is 1. The average Bonchev–Trinajstić information content (AvgIpc) is 3.28. The van der Waals surface area contributed by atoms with Crippen LogP contribution < -0.4 is 9.62 Å². The van der Waals surface area contributed by atoms with Gasteiger partial charge in [0.25, 0.3) is 15.9 Å². The molecule has 4 aromatic rings. The second kappa shape index (κ2) is 10.5. The van der Waals surface area contributed by atoms with Gasteiger partial charge in [-0.15, -0.1) is 0 Å². The van der Waals surface area contributed by atoms with E-state index in [0.717, 1.165) is 4.31 Å². The molecule has 0 aliphatic rings. The molecule has 0 aliphatic carbocycles. The molecule has 39 heavy (non-hydrogen) atoms. The number of hydrogen-bond acceptors (Lipinski definition) is 5. The first kappa shape index (κ1) is 28.4. The van der Waals surface area contributed by atoms with Crippen molar-refractivity contribution < 1.29 is 23.1 Å². The number of aromatic nitrogens is 2. The second-order valence-electron chi connectivity index (χ2n) is 9.92. The molecule has 2 aromatic heterocycles. The Morgan fingerprint density at radius 3 is 2.28 bits per heavy atom. The number of carboxylic acids is 1. The topological polar surface area (TPSA) is 122 Å². The molecule has 2 aromatic carbocycles. The number of amides is 1. The van der Waals surface area contributed by atoms with Gasteiger partial charge < -0.3 is 15.0 Å². The highest BCUT2D eigenvalue weighted by molar-refractivity contribution is 7.93. The molecule has 0 radical (unpaired) electrons. The van der Waals surface area contributed by atoms with Gasteiger partial charge >= 0.3 is 5.97 Å². The minimum atomic E-state index is -4.44. The van der Waals surface area contributed by atoms with Crippen LogP contribution >= 0.6 is 23.2 Å². The molecule has 0 saturated carbocycles. The fraction of sp³-hybridized carbons (Fsp3) is 0.222. The standard InChI is InChI=1S/C27H26Cl2N4O5S/c1-27(2,3)24(26(35)36)33(39(37,38)21-14-18(28)13-19(29)15-21)20-5-6-22-16(11-20)8-10-32(22)23-12-17(7-9-31-23)25(34)30-4/h5-15,24H,1-4H3,(H,30,34)(H,35,36). The van der Waals surface area contributed by atoms with Gasteiger partial charge in [0, 0.05) is 40.4 Å². The number of carbonyl (C=O) groups excluding carboxylic acids is 1. The number of hydrogen-bond donors (Lipinski definition) is 2. The van der Waals surface area contributed by atoms with Crippen LogP contribution in [0.2, 0.25) is 10.0 Å². The molecule has 1 amide bonds. The summed E-state index contributed by atoms with van der Waals surface area (Å²) in [7, 11) is -2.90. The highest BCUT2D eigenvalue weighted by atomic mass is 35.5. The summed E-state index contributed by atoms with van der Waals surface area (Å²) in [6, 6.07) is 12.2. The van der Waals surface area contributed by atoms with Crippen LogP contribution in [0.3, 0.4) is 0 Å². The van der Waals surface area contributed by atoms with Crippen LogP contribution in [0.1, 0.15) is 31.1 Å². The first-order valence-corrected chi connectivity index (χ1v) is 14.0. The third kappa shape index (κ3) is 5.59. The third-order valence-corrected chi connectivity index (χ3v) is 8.30. The third-order valence-electron chi connectivity index (χ3n) is 6.09. The molecule has 0 saturated heterocycles. The van der Waals surface area contributed by atoms with Gasteiger partial charge in [0.2, 0.25) is 0 Å². The summed E-state index contributed by atoms with van der Waals surface area (Å²) >= 11 is 12.2. The lowest BCUT2D eigenvalue weighted by molar-refractivity contribution is -0.140. The molecular weight excluding hydrogens is 563 g/mol. The number of carbonyl (C=O) groups is 2. The molecular formula is C27H26Cl2N4O5S. The summed E-state index contributed by atoms with van der Waals surface area (Å²) in [6.45, 7) is 4.96. The largest absolute Gasteiger partial charge is 0.480 e. The molecule has 9 nitrogen and oxygen atoms in total. The maximum absolute atomic E-state index is 14.0. The van der Waals surface area contributed by atoms with E-state index in [1.807, 2.05) is 0 Å². The van der Waals surface area contributed by atoms with Crippen LogP contribution in [0.5, 0.6) is 0 Å². The molecule has 1 unspecified atom stereocenters. The SMILES string of the molecule is CNC(=O)c1ccnc(-n2ccc3cc(N(C(C(=O)O)C(C)(C)C)S(=O)(=O)c4cc(Cl)cc(Cl)c4)ccc32)c1. The van der Waals surface area contributed by atoms with Crippen molar-refractivity contribution in [3.63, 3.8) is 0 Å². The van der Waals surface area contributed by atoms with Gasteiger partial charge in [0.05, 0.1) is 16.1 Å². The quantitative estimate of drug-likeness (QED) is 0.298. The number of nitrogens with zero attached hydrogens (tertiary/aromatic N) is 3. The summed E-state index contributed by atoms with van der Waals surface area (Å²) in [5.74, 6) is -1.09. The Bertz CT molecular complexity index is 1680. The highest BCUT2D eigenvalue weighted by Gasteiger charge is 2.43. The Hall–Kier alpha value is -3.60. The lowest BCUT2D eigenvalue weighted by Gasteiger charge is -2.37. The monoisotopic (exact) mass is 588 g/mol. The van der Waals surface area contributed by atoms with Crippen molar-refractivity contribution in [3.05, 3.63) is 82.6 Å². The Kier molecular flexibility index (Phi) is 7.66. The molecule has 0 aliphatic heterocycles. The van der Waals surface area contributed by atoms with Gasteiger partial charge in [-0.05, 0) is 60.0 Å². The van der Waals surface area contributed by atoms with Crippen molar-refractivity contribution in [1.29, 1.82) is 0 Å². The van der Waals surface area contributed by atoms with Gasteiger partial charge in [0.15, 0.2) is 0 Å². The van der Waals surface area contributed by atoms with Crippen LogP contribution in [-0.4, -0.2) is 48.0 Å². The van der Waals surface area contributed by atoms with E-state index >= 15 is 0 Å². The van der Waals surface area contributed by atoms with E-state index in [2.05, 4.69) is 10.3 Å². The number of benzene rings is 2. The Labute approximate surface area is 236 Å². The molecule has 0 bridgehead atoms. The first-order chi connectivity index (χ1) is 18.2. The zero-order valence-electron chi connectivity index (χ0n) is 21.5. The predicted octanol–water partition coefficient (Wildman–Crippen LogP) is 5.39. The zero-order chi connectivity index (χ0) is 28.7. The molecule has 204 valence electrons. The molecule has 4 rings (SSSR count). The number of pyridine rings is 1. The van der Waals surface area contributed by atoms with Crippen molar-refractivity contribution in [2.75, 3.05) is 11.4 Å². The smallest absolute Gasteiger partial charge is 0.328 e. The number of anilines is 1. The van der Waals surface area contributed by atoms with Crippen LogP contribution in [0.25, 0.3) is 16.7 Å². The molecule has 2 N–H and O–H groups in total.